The Morgan fingerprint density at radius 2 is 2.05 bits per heavy atom. The van der Waals surface area contributed by atoms with Crippen molar-refractivity contribution in [3.05, 3.63) is 42.0 Å². The maximum absolute atomic E-state index is 12.1. The second kappa shape index (κ2) is 5.13. The number of nitrogens with one attached hydrogen (secondary N) is 1. The molecule has 2 aromatic rings. The molecule has 0 radical (unpaired) electrons. The first-order valence-electron chi connectivity index (χ1n) is 6.91. The van der Waals surface area contributed by atoms with Crippen molar-refractivity contribution in [2.45, 2.75) is 18.9 Å². The number of phenolic OH excluding ortho intramolecular Hbond substituents is 1. The van der Waals surface area contributed by atoms with Crippen LogP contribution in [0.3, 0.4) is 0 Å². The maximum atomic E-state index is 12.1. The number of rotatable bonds is 4. The minimum absolute atomic E-state index is 0.0153. The molecule has 0 aromatic heterocycles. The van der Waals surface area contributed by atoms with Crippen LogP contribution < -0.4 is 11.1 Å². The average Bonchev–Trinajstić information content (AvgIpc) is 3.30. The summed E-state index contributed by atoms with van der Waals surface area (Å²) < 4.78 is 0. The first-order chi connectivity index (χ1) is 9.66. The van der Waals surface area contributed by atoms with E-state index in [0.29, 0.717) is 23.4 Å². The van der Waals surface area contributed by atoms with Crippen LogP contribution in [0.4, 0.5) is 0 Å². The van der Waals surface area contributed by atoms with Gasteiger partial charge in [0.15, 0.2) is 0 Å². The summed E-state index contributed by atoms with van der Waals surface area (Å²) in [6, 6.07) is 10.9. The van der Waals surface area contributed by atoms with Gasteiger partial charge in [-0.1, -0.05) is 30.3 Å². The van der Waals surface area contributed by atoms with Gasteiger partial charge in [0.1, 0.15) is 5.75 Å². The molecule has 2 aromatic carbocycles. The van der Waals surface area contributed by atoms with Crippen LogP contribution >= 0.6 is 0 Å². The SMILES string of the molecule is NC(CNC(=O)c1ccc2ccccc2c1O)C1CC1. The van der Waals surface area contributed by atoms with Crippen LogP contribution in [-0.4, -0.2) is 23.6 Å². The number of hydrogen-bond donors (Lipinski definition) is 3. The number of aromatic hydroxyl groups is 1. The fourth-order valence-electron chi connectivity index (χ4n) is 2.44. The number of phenols is 1. The Kier molecular flexibility index (Phi) is 3.32. The van der Waals surface area contributed by atoms with Crippen molar-refractivity contribution in [2.75, 3.05) is 6.54 Å². The minimum atomic E-state index is -0.274. The lowest BCUT2D eigenvalue weighted by Crippen LogP contribution is -2.38. The highest BCUT2D eigenvalue weighted by atomic mass is 16.3. The summed E-state index contributed by atoms with van der Waals surface area (Å²) in [5, 5.41) is 14.6. The number of benzene rings is 2. The summed E-state index contributed by atoms with van der Waals surface area (Å²) in [4.78, 5) is 12.1. The van der Waals surface area contributed by atoms with Gasteiger partial charge in [-0.15, -0.1) is 0 Å². The van der Waals surface area contributed by atoms with E-state index in [4.69, 9.17) is 5.73 Å². The summed E-state index contributed by atoms with van der Waals surface area (Å²) in [5.41, 5.74) is 6.25. The number of nitrogens with two attached hydrogens (primary N) is 1. The van der Waals surface area contributed by atoms with E-state index in [1.165, 1.54) is 0 Å². The highest BCUT2D eigenvalue weighted by Crippen LogP contribution is 2.31. The van der Waals surface area contributed by atoms with E-state index in [2.05, 4.69) is 5.32 Å². The summed E-state index contributed by atoms with van der Waals surface area (Å²) in [7, 11) is 0. The van der Waals surface area contributed by atoms with Crippen molar-refractivity contribution in [1.29, 1.82) is 0 Å². The minimum Gasteiger partial charge on any atom is -0.506 e. The molecule has 0 saturated heterocycles. The number of amides is 1. The van der Waals surface area contributed by atoms with Crippen LogP contribution in [0.25, 0.3) is 10.8 Å². The van der Waals surface area contributed by atoms with Crippen LogP contribution in [0.5, 0.6) is 5.75 Å². The molecule has 0 heterocycles. The van der Waals surface area contributed by atoms with E-state index >= 15 is 0 Å². The average molecular weight is 270 g/mol. The molecular weight excluding hydrogens is 252 g/mol. The maximum Gasteiger partial charge on any atom is 0.255 e. The topological polar surface area (TPSA) is 75.3 Å². The van der Waals surface area contributed by atoms with Gasteiger partial charge in [0.2, 0.25) is 0 Å². The van der Waals surface area contributed by atoms with Crippen LogP contribution in [0.2, 0.25) is 0 Å². The summed E-state index contributed by atoms with van der Waals surface area (Å²) in [6.07, 6.45) is 2.30. The van der Waals surface area contributed by atoms with Gasteiger partial charge in [-0.3, -0.25) is 4.79 Å². The van der Waals surface area contributed by atoms with Gasteiger partial charge in [-0.05, 0) is 30.2 Å². The molecule has 4 heteroatoms. The predicted molar refractivity (Wildman–Crippen MR) is 78.6 cm³/mol. The van der Waals surface area contributed by atoms with E-state index in [9.17, 15) is 9.90 Å². The summed E-state index contributed by atoms with van der Waals surface area (Å²) >= 11 is 0. The Bertz CT molecular complexity index is 650. The highest BCUT2D eigenvalue weighted by molar-refractivity contribution is 6.03. The van der Waals surface area contributed by atoms with Gasteiger partial charge in [-0.25, -0.2) is 0 Å². The zero-order chi connectivity index (χ0) is 14.1. The molecule has 4 N–H and O–H groups in total. The molecule has 1 saturated carbocycles. The molecule has 3 rings (SSSR count). The van der Waals surface area contributed by atoms with Crippen LogP contribution in [0.1, 0.15) is 23.2 Å². The molecule has 1 aliphatic carbocycles. The summed E-state index contributed by atoms with van der Waals surface area (Å²) in [6.45, 7) is 0.454. The van der Waals surface area contributed by atoms with E-state index in [1.54, 1.807) is 12.1 Å². The van der Waals surface area contributed by atoms with Gasteiger partial charge < -0.3 is 16.2 Å². The molecule has 1 amide bonds. The molecule has 20 heavy (non-hydrogen) atoms. The van der Waals surface area contributed by atoms with E-state index < -0.39 is 0 Å². The second-order valence-electron chi connectivity index (χ2n) is 5.39. The van der Waals surface area contributed by atoms with Gasteiger partial charge in [0, 0.05) is 18.0 Å². The molecule has 104 valence electrons. The molecule has 1 fully saturated rings. The van der Waals surface area contributed by atoms with Crippen molar-refractivity contribution < 1.29 is 9.90 Å². The Balaban J connectivity index is 1.78. The molecule has 1 aliphatic rings. The zero-order valence-corrected chi connectivity index (χ0v) is 11.2. The van der Waals surface area contributed by atoms with E-state index in [0.717, 1.165) is 18.2 Å². The Labute approximate surface area is 117 Å². The van der Waals surface area contributed by atoms with Crippen LogP contribution in [0, 0.1) is 5.92 Å². The number of hydrogen-bond acceptors (Lipinski definition) is 3. The normalized spacial score (nSPS) is 16.1. The first kappa shape index (κ1) is 12.9. The smallest absolute Gasteiger partial charge is 0.255 e. The van der Waals surface area contributed by atoms with Crippen molar-refractivity contribution >= 4 is 16.7 Å². The Morgan fingerprint density at radius 1 is 1.30 bits per heavy atom. The fourth-order valence-corrected chi connectivity index (χ4v) is 2.44. The second-order valence-corrected chi connectivity index (χ2v) is 5.39. The van der Waals surface area contributed by atoms with Gasteiger partial charge >= 0.3 is 0 Å². The summed E-state index contributed by atoms with van der Waals surface area (Å²) in [5.74, 6) is 0.297. The lowest BCUT2D eigenvalue weighted by atomic mass is 10.0. The largest absolute Gasteiger partial charge is 0.506 e. The standard InChI is InChI=1S/C16H18N2O2/c17-14(11-5-6-11)9-18-16(20)13-8-7-10-3-1-2-4-12(10)15(13)19/h1-4,7-8,11,14,19H,5-6,9,17H2,(H,18,20). The van der Waals surface area contributed by atoms with Gasteiger partial charge in [-0.2, -0.15) is 0 Å². The third kappa shape index (κ3) is 2.47. The van der Waals surface area contributed by atoms with Crippen LogP contribution in [-0.2, 0) is 0 Å². The lowest BCUT2D eigenvalue weighted by Gasteiger charge is -2.13. The number of carbonyl (C=O) groups is 1. The number of carbonyl (C=O) groups excluding carboxylic acids is 1. The molecule has 4 nitrogen and oxygen atoms in total. The molecule has 1 unspecified atom stereocenters. The fraction of sp³-hybridized carbons (Fsp3) is 0.312. The first-order valence-corrected chi connectivity index (χ1v) is 6.91. The quantitative estimate of drug-likeness (QED) is 0.795. The van der Waals surface area contributed by atoms with Crippen molar-refractivity contribution in [1.82, 2.24) is 5.32 Å². The molecule has 0 spiro atoms. The Hall–Kier alpha value is -2.07. The Morgan fingerprint density at radius 3 is 2.80 bits per heavy atom. The molecular formula is C16H18N2O2. The van der Waals surface area contributed by atoms with Gasteiger partial charge in [0.05, 0.1) is 5.56 Å². The van der Waals surface area contributed by atoms with Crippen molar-refractivity contribution in [3.63, 3.8) is 0 Å². The highest BCUT2D eigenvalue weighted by Gasteiger charge is 2.28. The number of fused-ring (bicyclic) bond motifs is 1. The van der Waals surface area contributed by atoms with E-state index in [1.807, 2.05) is 24.3 Å². The van der Waals surface area contributed by atoms with E-state index in [-0.39, 0.29) is 17.7 Å². The van der Waals surface area contributed by atoms with Gasteiger partial charge in [0.25, 0.3) is 5.91 Å². The zero-order valence-electron chi connectivity index (χ0n) is 11.2. The monoisotopic (exact) mass is 270 g/mol. The third-order valence-electron chi connectivity index (χ3n) is 3.87. The lowest BCUT2D eigenvalue weighted by molar-refractivity contribution is 0.0948. The predicted octanol–water partition coefficient (Wildman–Crippen LogP) is 2.01. The molecule has 1 atom stereocenters. The van der Waals surface area contributed by atoms with Crippen molar-refractivity contribution in [2.24, 2.45) is 11.7 Å². The molecule has 0 bridgehead atoms. The third-order valence-corrected chi connectivity index (χ3v) is 3.87. The molecule has 0 aliphatic heterocycles. The van der Waals surface area contributed by atoms with Crippen molar-refractivity contribution in [3.8, 4) is 5.75 Å². The van der Waals surface area contributed by atoms with Crippen LogP contribution in [0.15, 0.2) is 36.4 Å².